The molecule has 0 saturated heterocycles. The maximum atomic E-state index is 9.08. The van der Waals surface area contributed by atoms with Gasteiger partial charge in [-0.15, -0.1) is 11.3 Å². The molecule has 0 fully saturated rings. The number of hydrogen-bond acceptors (Lipinski definition) is 4. The van der Waals surface area contributed by atoms with E-state index in [2.05, 4.69) is 37.8 Å². The lowest BCUT2D eigenvalue weighted by atomic mass is 9.93. The summed E-state index contributed by atoms with van der Waals surface area (Å²) in [6, 6.07) is 2.54. The van der Waals surface area contributed by atoms with Crippen LogP contribution >= 0.6 is 27.3 Å². The van der Waals surface area contributed by atoms with Gasteiger partial charge in [0.2, 0.25) is 0 Å². The van der Waals surface area contributed by atoms with Gasteiger partial charge in [0.05, 0.1) is 23.1 Å². The van der Waals surface area contributed by atoms with Gasteiger partial charge < -0.3 is 10.4 Å². The minimum atomic E-state index is 0.148. The van der Waals surface area contributed by atoms with Crippen molar-refractivity contribution in [2.24, 2.45) is 0 Å². The van der Waals surface area contributed by atoms with Crippen molar-refractivity contribution < 1.29 is 5.11 Å². The molecule has 1 aliphatic carbocycles. The molecule has 0 amide bonds. The summed E-state index contributed by atoms with van der Waals surface area (Å²) in [6.45, 7) is 1.63. The molecule has 0 bridgehead atoms. The first kappa shape index (κ1) is 14.3. The van der Waals surface area contributed by atoms with Crippen molar-refractivity contribution in [1.29, 1.82) is 0 Å². The van der Waals surface area contributed by atoms with Crippen LogP contribution in [0.3, 0.4) is 0 Å². The predicted octanol–water partition coefficient (Wildman–Crippen LogP) is 2.87. The Morgan fingerprint density at radius 2 is 2.45 bits per heavy atom. The van der Waals surface area contributed by atoms with Crippen molar-refractivity contribution >= 4 is 27.3 Å². The molecule has 1 unspecified atom stereocenters. The third kappa shape index (κ3) is 2.98. The second kappa shape index (κ2) is 6.39. The first-order valence-electron chi connectivity index (χ1n) is 6.89. The molecule has 2 heterocycles. The first-order chi connectivity index (χ1) is 9.78. The lowest BCUT2D eigenvalue weighted by Gasteiger charge is -2.24. The third-order valence-electron chi connectivity index (χ3n) is 3.75. The number of halogens is 1. The summed E-state index contributed by atoms with van der Waals surface area (Å²) < 4.78 is 3.12. The Morgan fingerprint density at radius 3 is 3.20 bits per heavy atom. The number of nitrogens with zero attached hydrogens (tertiary/aromatic N) is 2. The van der Waals surface area contributed by atoms with Crippen LogP contribution in [0.2, 0.25) is 0 Å². The summed E-state index contributed by atoms with van der Waals surface area (Å²) in [4.78, 5) is 0. The van der Waals surface area contributed by atoms with E-state index in [1.807, 2.05) is 10.9 Å². The first-order valence-corrected chi connectivity index (χ1v) is 8.57. The van der Waals surface area contributed by atoms with Crippen LogP contribution in [0.15, 0.2) is 21.4 Å². The molecule has 20 heavy (non-hydrogen) atoms. The zero-order valence-electron chi connectivity index (χ0n) is 11.2. The molecule has 3 rings (SSSR count). The van der Waals surface area contributed by atoms with Crippen LogP contribution in [-0.2, 0) is 19.5 Å². The highest BCUT2D eigenvalue weighted by molar-refractivity contribution is 9.11. The monoisotopic (exact) mass is 355 g/mol. The van der Waals surface area contributed by atoms with E-state index < -0.39 is 0 Å². The smallest absolute Gasteiger partial charge is 0.0701 e. The Hall–Kier alpha value is -0.690. The zero-order chi connectivity index (χ0) is 13.9. The van der Waals surface area contributed by atoms with Gasteiger partial charge in [-0.25, -0.2) is 0 Å². The molecule has 0 saturated carbocycles. The molecular formula is C14H18BrN3OS. The number of thiophene rings is 1. The van der Waals surface area contributed by atoms with E-state index in [9.17, 15) is 0 Å². The van der Waals surface area contributed by atoms with E-state index in [4.69, 9.17) is 5.11 Å². The number of aliphatic hydroxyl groups excluding tert-OH is 1. The van der Waals surface area contributed by atoms with E-state index in [1.165, 1.54) is 27.0 Å². The van der Waals surface area contributed by atoms with Crippen molar-refractivity contribution in [3.05, 3.63) is 38.3 Å². The highest BCUT2D eigenvalue weighted by atomic mass is 79.9. The summed E-state index contributed by atoms with van der Waals surface area (Å²) in [5.74, 6) is 0. The third-order valence-corrected chi connectivity index (χ3v) is 5.30. The minimum Gasteiger partial charge on any atom is -0.394 e. The quantitative estimate of drug-likeness (QED) is 0.866. The number of aliphatic hydroxyl groups is 1. The molecule has 0 spiro atoms. The normalized spacial score (nSPS) is 18.2. The summed E-state index contributed by atoms with van der Waals surface area (Å²) in [6.07, 6.45) is 5.36. The largest absolute Gasteiger partial charge is 0.394 e. The van der Waals surface area contributed by atoms with Crippen LogP contribution in [0.25, 0.3) is 0 Å². The molecule has 0 aliphatic heterocycles. The van der Waals surface area contributed by atoms with Gasteiger partial charge in [0, 0.05) is 23.8 Å². The molecule has 2 aromatic heterocycles. The van der Waals surface area contributed by atoms with Crippen LogP contribution in [0.5, 0.6) is 0 Å². The van der Waals surface area contributed by atoms with Crippen molar-refractivity contribution in [2.75, 3.05) is 6.61 Å². The van der Waals surface area contributed by atoms with Crippen LogP contribution in [0.4, 0.5) is 0 Å². The molecule has 6 heteroatoms. The molecule has 2 aromatic rings. The van der Waals surface area contributed by atoms with Crippen LogP contribution in [-0.4, -0.2) is 21.5 Å². The highest BCUT2D eigenvalue weighted by Crippen LogP contribution is 2.30. The fourth-order valence-corrected chi connectivity index (χ4v) is 4.01. The topological polar surface area (TPSA) is 50.1 Å². The summed E-state index contributed by atoms with van der Waals surface area (Å²) >= 11 is 5.22. The fraction of sp³-hybridized carbons (Fsp3) is 0.500. The molecule has 108 valence electrons. The molecular weight excluding hydrogens is 338 g/mol. The Balaban J connectivity index is 1.70. The van der Waals surface area contributed by atoms with Gasteiger partial charge >= 0.3 is 0 Å². The number of hydrogen-bond donors (Lipinski definition) is 2. The van der Waals surface area contributed by atoms with E-state index >= 15 is 0 Å². The fourth-order valence-electron chi connectivity index (χ4n) is 2.80. The summed E-state index contributed by atoms with van der Waals surface area (Å²) in [5, 5.41) is 19.3. The summed E-state index contributed by atoms with van der Waals surface area (Å²) in [5.41, 5.74) is 3.91. The van der Waals surface area contributed by atoms with E-state index in [-0.39, 0.29) is 6.61 Å². The van der Waals surface area contributed by atoms with Crippen molar-refractivity contribution in [3.8, 4) is 0 Å². The second-order valence-electron chi connectivity index (χ2n) is 5.08. The van der Waals surface area contributed by atoms with Crippen molar-refractivity contribution in [1.82, 2.24) is 15.1 Å². The Bertz CT molecular complexity index is 581. The zero-order valence-corrected chi connectivity index (χ0v) is 13.6. The Kier molecular flexibility index (Phi) is 4.55. The van der Waals surface area contributed by atoms with Gasteiger partial charge in [0.15, 0.2) is 0 Å². The summed E-state index contributed by atoms with van der Waals surface area (Å²) in [7, 11) is 0. The molecule has 1 aliphatic rings. The van der Waals surface area contributed by atoms with Crippen LogP contribution in [0, 0.1) is 0 Å². The number of aromatic nitrogens is 2. The number of nitrogens with one attached hydrogen (secondary N) is 1. The number of rotatable bonds is 5. The maximum absolute atomic E-state index is 9.08. The Labute approximate surface area is 130 Å². The van der Waals surface area contributed by atoms with Gasteiger partial charge in [-0.1, -0.05) is 0 Å². The molecule has 1 atom stereocenters. The van der Waals surface area contributed by atoms with Gasteiger partial charge in [0.25, 0.3) is 0 Å². The molecule has 2 N–H and O–H groups in total. The number of fused-ring (bicyclic) bond motifs is 1. The Morgan fingerprint density at radius 1 is 1.55 bits per heavy atom. The van der Waals surface area contributed by atoms with E-state index in [1.54, 1.807) is 11.3 Å². The maximum Gasteiger partial charge on any atom is 0.0701 e. The average molecular weight is 356 g/mol. The minimum absolute atomic E-state index is 0.148. The van der Waals surface area contributed by atoms with Crippen LogP contribution < -0.4 is 5.32 Å². The van der Waals surface area contributed by atoms with E-state index in [0.29, 0.717) is 12.6 Å². The van der Waals surface area contributed by atoms with Gasteiger partial charge in [-0.3, -0.25) is 4.68 Å². The average Bonchev–Trinajstić information content (AvgIpc) is 3.04. The van der Waals surface area contributed by atoms with E-state index in [0.717, 1.165) is 19.4 Å². The molecule has 0 radical (unpaired) electrons. The van der Waals surface area contributed by atoms with Gasteiger partial charge in [-0.05, 0) is 52.2 Å². The van der Waals surface area contributed by atoms with Crippen LogP contribution in [0.1, 0.15) is 35.7 Å². The van der Waals surface area contributed by atoms with Gasteiger partial charge in [-0.2, -0.15) is 5.10 Å². The van der Waals surface area contributed by atoms with Crippen molar-refractivity contribution in [3.63, 3.8) is 0 Å². The highest BCUT2D eigenvalue weighted by Gasteiger charge is 2.23. The lowest BCUT2D eigenvalue weighted by Crippen LogP contribution is -2.25. The molecule has 0 aromatic carbocycles. The SMILES string of the molecule is OCCn1ncc2c1CCCC2NCc1csc(Br)c1. The second-order valence-corrected chi connectivity index (χ2v) is 7.37. The lowest BCUT2D eigenvalue weighted by molar-refractivity contribution is 0.266. The van der Waals surface area contributed by atoms with Crippen molar-refractivity contribution in [2.45, 2.75) is 38.4 Å². The van der Waals surface area contributed by atoms with Gasteiger partial charge in [0.1, 0.15) is 0 Å². The molecule has 4 nitrogen and oxygen atoms in total. The standard InChI is InChI=1S/C14H18BrN3OS/c15-14-6-10(9-20-14)7-16-12-2-1-3-13-11(12)8-17-18(13)4-5-19/h6,8-9,12,16,19H,1-5,7H2. The predicted molar refractivity (Wildman–Crippen MR) is 83.9 cm³/mol.